The molecule has 2 heterocycles. The third kappa shape index (κ3) is 3.85. The van der Waals surface area contributed by atoms with E-state index in [0.29, 0.717) is 13.1 Å². The van der Waals surface area contributed by atoms with Crippen molar-refractivity contribution in [3.63, 3.8) is 0 Å². The Bertz CT molecular complexity index is 712. The van der Waals surface area contributed by atoms with E-state index in [1.165, 1.54) is 4.90 Å². The van der Waals surface area contributed by atoms with Crippen molar-refractivity contribution in [3.8, 4) is 0 Å². The number of hydrogen-bond donors (Lipinski definition) is 0. The van der Waals surface area contributed by atoms with Crippen molar-refractivity contribution in [1.82, 2.24) is 4.90 Å². The number of hydrogen-bond acceptors (Lipinski definition) is 3. The van der Waals surface area contributed by atoms with E-state index in [2.05, 4.69) is 0 Å². The molecule has 1 aromatic carbocycles. The molecule has 0 spiro atoms. The van der Waals surface area contributed by atoms with Gasteiger partial charge in [-0.15, -0.1) is 0 Å². The molecule has 0 bridgehead atoms. The van der Waals surface area contributed by atoms with E-state index < -0.39 is 31.0 Å². The molecule has 0 unspecified atom stereocenters. The van der Waals surface area contributed by atoms with Crippen LogP contribution in [0.25, 0.3) is 5.57 Å². The van der Waals surface area contributed by atoms with Gasteiger partial charge in [0, 0.05) is 13.1 Å². The summed E-state index contributed by atoms with van der Waals surface area (Å²) in [4.78, 5) is 1.40. The summed E-state index contributed by atoms with van der Waals surface area (Å²) >= 11 is 0. The lowest BCUT2D eigenvalue weighted by Gasteiger charge is -2.32. The highest BCUT2D eigenvalue weighted by Gasteiger charge is 2.51. The molecule has 3 rings (SSSR count). The van der Waals surface area contributed by atoms with Gasteiger partial charge in [-0.2, -0.15) is 13.2 Å². The summed E-state index contributed by atoms with van der Waals surface area (Å²) in [7, 11) is -0.438. The van der Waals surface area contributed by atoms with E-state index >= 15 is 0 Å². The first-order valence-electron chi connectivity index (χ1n) is 8.83. The molecule has 0 saturated carbocycles. The number of halogens is 3. The fourth-order valence-electron chi connectivity index (χ4n) is 3.35. The normalized spacial score (nSPS) is 22.8. The average molecular weight is 367 g/mol. The summed E-state index contributed by atoms with van der Waals surface area (Å²) in [5.41, 5.74) is 3.04. The minimum Gasteiger partial charge on any atom is -0.399 e. The molecule has 142 valence electrons. The second-order valence-electron chi connectivity index (χ2n) is 8.18. The maximum atomic E-state index is 12.6. The molecular weight excluding hydrogens is 342 g/mol. The van der Waals surface area contributed by atoms with E-state index in [4.69, 9.17) is 9.31 Å². The van der Waals surface area contributed by atoms with Crippen molar-refractivity contribution >= 4 is 18.2 Å². The Morgan fingerprint density at radius 2 is 1.73 bits per heavy atom. The predicted molar refractivity (Wildman–Crippen MR) is 97.4 cm³/mol. The Labute approximate surface area is 153 Å². The fourth-order valence-corrected chi connectivity index (χ4v) is 3.35. The lowest BCUT2D eigenvalue weighted by Crippen LogP contribution is -2.41. The van der Waals surface area contributed by atoms with Gasteiger partial charge in [0.25, 0.3) is 0 Å². The van der Waals surface area contributed by atoms with Crippen LogP contribution in [0.2, 0.25) is 0 Å². The van der Waals surface area contributed by atoms with Gasteiger partial charge in [-0.1, -0.05) is 24.3 Å². The molecule has 0 aromatic heterocycles. The molecule has 1 fully saturated rings. The van der Waals surface area contributed by atoms with Gasteiger partial charge in [-0.25, -0.2) is 0 Å². The van der Waals surface area contributed by atoms with Gasteiger partial charge >= 0.3 is 13.3 Å². The third-order valence-corrected chi connectivity index (χ3v) is 5.51. The van der Waals surface area contributed by atoms with E-state index in [0.717, 1.165) is 22.2 Å². The van der Waals surface area contributed by atoms with Crippen LogP contribution in [0, 0.1) is 6.92 Å². The maximum Gasteiger partial charge on any atom is 0.494 e. The third-order valence-electron chi connectivity index (χ3n) is 5.51. The van der Waals surface area contributed by atoms with Gasteiger partial charge in [-0.3, -0.25) is 4.90 Å². The van der Waals surface area contributed by atoms with E-state index in [9.17, 15) is 13.2 Å². The van der Waals surface area contributed by atoms with Gasteiger partial charge < -0.3 is 9.31 Å². The highest BCUT2D eigenvalue weighted by molar-refractivity contribution is 6.62. The molecule has 26 heavy (non-hydrogen) atoms. The number of alkyl halides is 3. The summed E-state index contributed by atoms with van der Waals surface area (Å²) in [6.45, 7) is 9.76. The van der Waals surface area contributed by atoms with Gasteiger partial charge in [0.05, 0.1) is 17.7 Å². The molecule has 2 aliphatic heterocycles. The van der Waals surface area contributed by atoms with Crippen LogP contribution in [0.4, 0.5) is 13.2 Å². The Hall–Kier alpha value is -1.31. The fraction of sp³-hybridized carbons (Fsp3) is 0.579. The highest BCUT2D eigenvalue weighted by Crippen LogP contribution is 2.36. The molecule has 0 atom stereocenters. The molecule has 3 nitrogen and oxygen atoms in total. The molecule has 1 saturated heterocycles. The van der Waals surface area contributed by atoms with Crippen molar-refractivity contribution in [2.45, 2.75) is 52.0 Å². The van der Waals surface area contributed by atoms with Crippen LogP contribution in [0.5, 0.6) is 0 Å². The summed E-state index contributed by atoms with van der Waals surface area (Å²) < 4.78 is 49.9. The van der Waals surface area contributed by atoms with Crippen LogP contribution in [-0.2, 0) is 9.31 Å². The standard InChI is InChI=1S/C19H25BF3NO2/c1-13-10-15(20-25-17(2,3)18(4,5)26-20)6-7-16(13)14-8-9-24(11-14)12-19(21,22)23/h6-8,10H,9,11-12H2,1-5H3. The van der Waals surface area contributed by atoms with Crippen LogP contribution in [0.3, 0.4) is 0 Å². The summed E-state index contributed by atoms with van der Waals surface area (Å²) in [5.74, 6) is 0. The smallest absolute Gasteiger partial charge is 0.399 e. The molecule has 2 aliphatic rings. The minimum atomic E-state index is -4.17. The topological polar surface area (TPSA) is 21.7 Å². The summed E-state index contributed by atoms with van der Waals surface area (Å²) in [5, 5.41) is 0. The Balaban J connectivity index is 1.74. The van der Waals surface area contributed by atoms with Crippen molar-refractivity contribution in [1.29, 1.82) is 0 Å². The van der Waals surface area contributed by atoms with E-state index in [-0.39, 0.29) is 0 Å². The van der Waals surface area contributed by atoms with Crippen LogP contribution >= 0.6 is 0 Å². The number of aryl methyl sites for hydroxylation is 1. The summed E-state index contributed by atoms with van der Waals surface area (Å²) in [6, 6.07) is 5.90. The zero-order valence-corrected chi connectivity index (χ0v) is 15.9. The second kappa shape index (κ2) is 6.39. The average Bonchev–Trinajstić information content (AvgIpc) is 2.99. The SMILES string of the molecule is Cc1cc(B2OC(C)(C)C(C)(C)O2)ccc1C1=CCN(CC(F)(F)F)C1. The zero-order valence-electron chi connectivity index (χ0n) is 15.9. The van der Waals surface area contributed by atoms with Gasteiger partial charge in [0.15, 0.2) is 0 Å². The van der Waals surface area contributed by atoms with Crippen LogP contribution in [-0.4, -0.2) is 49.0 Å². The van der Waals surface area contributed by atoms with E-state index in [1.54, 1.807) is 0 Å². The van der Waals surface area contributed by atoms with Crippen molar-refractivity contribution in [2.24, 2.45) is 0 Å². The zero-order chi connectivity index (χ0) is 19.3. The monoisotopic (exact) mass is 367 g/mol. The van der Waals surface area contributed by atoms with Gasteiger partial charge in [0.2, 0.25) is 0 Å². The maximum absolute atomic E-state index is 12.6. The minimum absolute atomic E-state index is 0.316. The molecule has 0 N–H and O–H groups in total. The number of benzene rings is 1. The Kier molecular flexibility index (Phi) is 4.78. The molecule has 0 amide bonds. The first-order chi connectivity index (χ1) is 11.9. The van der Waals surface area contributed by atoms with Crippen molar-refractivity contribution < 1.29 is 22.5 Å². The Morgan fingerprint density at radius 3 is 2.27 bits per heavy atom. The number of nitrogens with zero attached hydrogens (tertiary/aromatic N) is 1. The predicted octanol–water partition coefficient (Wildman–Crippen LogP) is 3.56. The summed E-state index contributed by atoms with van der Waals surface area (Å²) in [6.07, 6.45) is -2.29. The second-order valence-corrected chi connectivity index (χ2v) is 8.18. The Morgan fingerprint density at radius 1 is 1.12 bits per heavy atom. The number of rotatable bonds is 3. The van der Waals surface area contributed by atoms with Crippen LogP contribution in [0.15, 0.2) is 24.3 Å². The molecule has 0 radical (unpaired) electrons. The molecular formula is C19H25BF3NO2. The molecule has 7 heteroatoms. The largest absolute Gasteiger partial charge is 0.494 e. The first-order valence-corrected chi connectivity index (χ1v) is 8.83. The lowest BCUT2D eigenvalue weighted by molar-refractivity contribution is -0.142. The van der Waals surface area contributed by atoms with Crippen molar-refractivity contribution in [2.75, 3.05) is 19.6 Å². The quantitative estimate of drug-likeness (QED) is 0.763. The van der Waals surface area contributed by atoms with Crippen LogP contribution in [0.1, 0.15) is 38.8 Å². The van der Waals surface area contributed by atoms with Crippen LogP contribution < -0.4 is 5.46 Å². The van der Waals surface area contributed by atoms with E-state index in [1.807, 2.05) is 58.9 Å². The molecule has 0 aliphatic carbocycles. The van der Waals surface area contributed by atoms with Gasteiger partial charge in [-0.05, 0) is 56.8 Å². The highest BCUT2D eigenvalue weighted by atomic mass is 19.4. The lowest BCUT2D eigenvalue weighted by atomic mass is 9.77. The molecule has 1 aromatic rings. The first kappa shape index (κ1) is 19.5. The van der Waals surface area contributed by atoms with Crippen molar-refractivity contribution in [3.05, 3.63) is 35.4 Å². The van der Waals surface area contributed by atoms with Gasteiger partial charge in [0.1, 0.15) is 0 Å².